The number of methoxy groups -OCH3 is 1. The Labute approximate surface area is 120 Å². The monoisotopic (exact) mass is 317 g/mol. The minimum Gasteiger partial charge on any atom is -0.468 e. The highest BCUT2D eigenvalue weighted by atomic mass is 32.2. The number of nitrogens with zero attached hydrogens (tertiary/aromatic N) is 1. The quantitative estimate of drug-likeness (QED) is 0.672. The molecule has 2 rings (SSSR count). The summed E-state index contributed by atoms with van der Waals surface area (Å²) in [5.74, 6) is -0.667. The van der Waals surface area contributed by atoms with Gasteiger partial charge < -0.3 is 9.72 Å². The molecule has 1 aliphatic heterocycles. The molecule has 0 aliphatic carbocycles. The lowest BCUT2D eigenvalue weighted by atomic mass is 10.1. The lowest BCUT2D eigenvalue weighted by molar-refractivity contribution is -0.146. The van der Waals surface area contributed by atoms with Crippen LogP contribution in [-0.2, 0) is 19.6 Å². The zero-order valence-corrected chi connectivity index (χ0v) is 12.1. The smallest absolute Gasteiger partial charge is 0.325 e. The standard InChI is InChI=1S/C11H15N3O6S/c1-20-10(16)7-4-2-3-5-14(7)21(18,19)8-6-12-11(17)13-9(8)15/h6-7H,2-5H2,1H3,(H2,12,13,15,17)/t7-/m1/s1. The Morgan fingerprint density at radius 3 is 2.71 bits per heavy atom. The molecule has 1 fully saturated rings. The topological polar surface area (TPSA) is 129 Å². The Balaban J connectivity index is 2.48. The average Bonchev–Trinajstić information content (AvgIpc) is 2.46. The SMILES string of the molecule is COC(=O)[C@H]1CCCCN1S(=O)(=O)c1c[nH]c(=O)[nH]c1=O. The molecule has 0 aromatic carbocycles. The van der Waals surface area contributed by atoms with E-state index in [1.54, 1.807) is 0 Å². The largest absolute Gasteiger partial charge is 0.468 e. The van der Waals surface area contributed by atoms with Crippen LogP contribution in [0.3, 0.4) is 0 Å². The van der Waals surface area contributed by atoms with Crippen LogP contribution in [-0.4, -0.2) is 48.4 Å². The molecule has 116 valence electrons. The fraction of sp³-hybridized carbons (Fsp3) is 0.545. The molecule has 1 aromatic heterocycles. The molecule has 1 atom stereocenters. The van der Waals surface area contributed by atoms with Crippen LogP contribution >= 0.6 is 0 Å². The van der Waals surface area contributed by atoms with Gasteiger partial charge in [0.25, 0.3) is 15.6 Å². The predicted octanol–water partition coefficient (Wildman–Crippen LogP) is -1.22. The molecule has 1 aliphatic rings. The number of aromatic amines is 2. The number of aromatic nitrogens is 2. The summed E-state index contributed by atoms with van der Waals surface area (Å²) in [6.07, 6.45) is 2.42. The first-order valence-corrected chi connectivity index (χ1v) is 7.73. The molecule has 2 heterocycles. The molecule has 0 unspecified atom stereocenters. The lowest BCUT2D eigenvalue weighted by Gasteiger charge is -2.32. The minimum absolute atomic E-state index is 0.112. The molecule has 21 heavy (non-hydrogen) atoms. The van der Waals surface area contributed by atoms with E-state index in [4.69, 9.17) is 0 Å². The molecular weight excluding hydrogens is 302 g/mol. The van der Waals surface area contributed by atoms with Gasteiger partial charge in [0.15, 0.2) is 4.90 Å². The second kappa shape index (κ2) is 5.82. The second-order valence-electron chi connectivity index (χ2n) is 4.59. The molecule has 9 nitrogen and oxygen atoms in total. The van der Waals surface area contributed by atoms with Gasteiger partial charge in [-0.2, -0.15) is 4.31 Å². The number of hydrogen-bond donors (Lipinski definition) is 2. The summed E-state index contributed by atoms with van der Waals surface area (Å²) in [4.78, 5) is 37.7. The number of nitrogens with one attached hydrogen (secondary N) is 2. The van der Waals surface area contributed by atoms with Gasteiger partial charge in [-0.3, -0.25) is 14.6 Å². The van der Waals surface area contributed by atoms with E-state index in [0.717, 1.165) is 10.5 Å². The molecule has 1 saturated heterocycles. The first-order valence-electron chi connectivity index (χ1n) is 6.29. The number of ether oxygens (including phenoxy) is 1. The zero-order valence-electron chi connectivity index (χ0n) is 11.3. The summed E-state index contributed by atoms with van der Waals surface area (Å²) < 4.78 is 30.6. The van der Waals surface area contributed by atoms with Crippen molar-refractivity contribution < 1.29 is 17.9 Å². The van der Waals surface area contributed by atoms with Crippen molar-refractivity contribution in [1.82, 2.24) is 14.3 Å². The van der Waals surface area contributed by atoms with Gasteiger partial charge in [-0.05, 0) is 19.3 Å². The van der Waals surface area contributed by atoms with Crippen LogP contribution in [0.5, 0.6) is 0 Å². The van der Waals surface area contributed by atoms with Gasteiger partial charge in [-0.25, -0.2) is 13.2 Å². The number of esters is 1. The molecule has 2 N–H and O–H groups in total. The first-order chi connectivity index (χ1) is 9.87. The molecule has 0 spiro atoms. The normalized spacial score (nSPS) is 20.1. The van der Waals surface area contributed by atoms with Crippen molar-refractivity contribution in [3.63, 3.8) is 0 Å². The summed E-state index contributed by atoms with van der Waals surface area (Å²) in [5, 5.41) is 0. The van der Waals surface area contributed by atoms with Gasteiger partial charge in [0.1, 0.15) is 6.04 Å². The highest BCUT2D eigenvalue weighted by Gasteiger charge is 2.39. The number of sulfonamides is 1. The van der Waals surface area contributed by atoms with E-state index in [9.17, 15) is 22.8 Å². The van der Waals surface area contributed by atoms with Crippen LogP contribution in [0, 0.1) is 0 Å². The maximum atomic E-state index is 12.5. The van der Waals surface area contributed by atoms with Crippen molar-refractivity contribution >= 4 is 16.0 Å². The third kappa shape index (κ3) is 2.90. The predicted molar refractivity (Wildman–Crippen MR) is 71.2 cm³/mol. The summed E-state index contributed by atoms with van der Waals surface area (Å²) in [6, 6.07) is -0.958. The number of hydrogen-bond acceptors (Lipinski definition) is 6. The van der Waals surface area contributed by atoms with Crippen LogP contribution in [0.4, 0.5) is 0 Å². The van der Waals surface area contributed by atoms with E-state index in [2.05, 4.69) is 9.72 Å². The number of H-pyrrole nitrogens is 2. The van der Waals surface area contributed by atoms with Crippen molar-refractivity contribution in [3.8, 4) is 0 Å². The molecule has 1 aromatic rings. The van der Waals surface area contributed by atoms with Crippen molar-refractivity contribution in [2.75, 3.05) is 13.7 Å². The number of carbonyl (C=O) groups is 1. The van der Waals surface area contributed by atoms with Gasteiger partial charge in [0.2, 0.25) is 0 Å². The van der Waals surface area contributed by atoms with Gasteiger partial charge >= 0.3 is 11.7 Å². The van der Waals surface area contributed by atoms with E-state index in [1.165, 1.54) is 7.11 Å². The van der Waals surface area contributed by atoms with Gasteiger partial charge in [-0.15, -0.1) is 0 Å². The van der Waals surface area contributed by atoms with Crippen molar-refractivity contribution in [2.24, 2.45) is 0 Å². The summed E-state index contributed by atoms with van der Waals surface area (Å²) in [5.41, 5.74) is -1.82. The third-order valence-electron chi connectivity index (χ3n) is 3.30. The van der Waals surface area contributed by atoms with E-state index in [0.29, 0.717) is 19.3 Å². The molecule has 10 heteroatoms. The molecule has 0 bridgehead atoms. The Bertz CT molecular complexity index is 750. The van der Waals surface area contributed by atoms with E-state index < -0.39 is 38.2 Å². The van der Waals surface area contributed by atoms with Gasteiger partial charge in [0.05, 0.1) is 7.11 Å². The van der Waals surface area contributed by atoms with E-state index in [1.807, 2.05) is 4.98 Å². The Morgan fingerprint density at radius 2 is 2.10 bits per heavy atom. The summed E-state index contributed by atoms with van der Waals surface area (Å²) in [6.45, 7) is 0.112. The lowest BCUT2D eigenvalue weighted by Crippen LogP contribution is -2.49. The minimum atomic E-state index is -4.20. The molecule has 0 amide bonds. The fourth-order valence-corrected chi connectivity index (χ4v) is 3.92. The number of piperidine rings is 1. The van der Waals surface area contributed by atoms with Gasteiger partial charge in [-0.1, -0.05) is 0 Å². The van der Waals surface area contributed by atoms with Crippen LogP contribution in [0.15, 0.2) is 20.7 Å². The average molecular weight is 317 g/mol. The molecule has 0 saturated carbocycles. The van der Waals surface area contributed by atoms with Crippen molar-refractivity contribution in [1.29, 1.82) is 0 Å². The number of rotatable bonds is 3. The highest BCUT2D eigenvalue weighted by molar-refractivity contribution is 7.89. The van der Waals surface area contributed by atoms with E-state index >= 15 is 0 Å². The first kappa shape index (κ1) is 15.4. The Kier molecular flexibility index (Phi) is 4.28. The van der Waals surface area contributed by atoms with E-state index in [-0.39, 0.29) is 6.54 Å². The zero-order chi connectivity index (χ0) is 15.6. The number of carbonyl (C=O) groups excluding carboxylic acids is 1. The Hall–Kier alpha value is -1.94. The van der Waals surface area contributed by atoms with Crippen LogP contribution in [0.25, 0.3) is 0 Å². The van der Waals surface area contributed by atoms with Crippen LogP contribution < -0.4 is 11.2 Å². The molecular formula is C11H15N3O6S. The summed E-state index contributed by atoms with van der Waals surface area (Å²) in [7, 11) is -3.02. The van der Waals surface area contributed by atoms with Crippen LogP contribution in [0.2, 0.25) is 0 Å². The van der Waals surface area contributed by atoms with Crippen molar-refractivity contribution in [3.05, 3.63) is 27.0 Å². The maximum Gasteiger partial charge on any atom is 0.325 e. The third-order valence-corrected chi connectivity index (χ3v) is 5.21. The summed E-state index contributed by atoms with van der Waals surface area (Å²) >= 11 is 0. The van der Waals surface area contributed by atoms with Crippen molar-refractivity contribution in [2.45, 2.75) is 30.2 Å². The molecule has 0 radical (unpaired) electrons. The maximum absolute atomic E-state index is 12.5. The fourth-order valence-electron chi connectivity index (χ4n) is 2.28. The highest BCUT2D eigenvalue weighted by Crippen LogP contribution is 2.24. The Morgan fingerprint density at radius 1 is 1.38 bits per heavy atom. The van der Waals surface area contributed by atoms with Crippen LogP contribution in [0.1, 0.15) is 19.3 Å². The van der Waals surface area contributed by atoms with Gasteiger partial charge in [0, 0.05) is 12.7 Å². The second-order valence-corrected chi connectivity index (χ2v) is 6.45.